The third-order valence-electron chi connectivity index (χ3n) is 4.77. The van der Waals surface area contributed by atoms with Crippen LogP contribution in [0, 0.1) is 0 Å². The molecule has 3 nitrogen and oxygen atoms in total. The van der Waals surface area contributed by atoms with Crippen LogP contribution in [0.3, 0.4) is 0 Å². The van der Waals surface area contributed by atoms with Gasteiger partial charge in [-0.05, 0) is 59.3 Å². The average Bonchev–Trinajstić information content (AvgIpc) is 2.72. The summed E-state index contributed by atoms with van der Waals surface area (Å²) in [5.74, 6) is 1.21. The maximum Gasteiger partial charge on any atom is 0.194 e. The Bertz CT molecular complexity index is 395. The topological polar surface area (TPSA) is 27.6 Å². The number of allylic oxidation sites excluding steroid dienone is 2. The quantitative estimate of drug-likeness (QED) is 0.791. The van der Waals surface area contributed by atoms with Gasteiger partial charge in [-0.25, -0.2) is 4.99 Å². The molecule has 3 rings (SSSR count). The number of hydrogen-bond donors (Lipinski definition) is 1. The van der Waals surface area contributed by atoms with E-state index < -0.39 is 0 Å². The highest BCUT2D eigenvalue weighted by atomic mass is 15.4. The molecule has 0 bridgehead atoms. The molecule has 0 aliphatic carbocycles. The summed E-state index contributed by atoms with van der Waals surface area (Å²) in [4.78, 5) is 7.59. The molecule has 0 aromatic carbocycles. The summed E-state index contributed by atoms with van der Waals surface area (Å²) in [5, 5.41) is 3.61. The van der Waals surface area contributed by atoms with Crippen molar-refractivity contribution in [3.05, 3.63) is 11.6 Å². The van der Waals surface area contributed by atoms with Crippen LogP contribution in [0.4, 0.5) is 0 Å². The maximum atomic E-state index is 4.99. The smallest absolute Gasteiger partial charge is 0.194 e. The molecule has 0 amide bonds. The highest BCUT2D eigenvalue weighted by Gasteiger charge is 2.43. The van der Waals surface area contributed by atoms with Crippen molar-refractivity contribution in [1.82, 2.24) is 10.2 Å². The Balaban J connectivity index is 1.69. The van der Waals surface area contributed by atoms with Gasteiger partial charge in [0.05, 0.1) is 6.04 Å². The molecule has 19 heavy (non-hydrogen) atoms. The van der Waals surface area contributed by atoms with E-state index in [4.69, 9.17) is 4.99 Å². The van der Waals surface area contributed by atoms with Gasteiger partial charge in [0.25, 0.3) is 0 Å². The van der Waals surface area contributed by atoms with E-state index in [0.29, 0.717) is 12.1 Å². The van der Waals surface area contributed by atoms with E-state index in [1.165, 1.54) is 50.1 Å². The van der Waals surface area contributed by atoms with Crippen LogP contribution in [0.2, 0.25) is 0 Å². The third-order valence-corrected chi connectivity index (χ3v) is 4.77. The van der Waals surface area contributed by atoms with Gasteiger partial charge in [-0.2, -0.15) is 0 Å². The molecular weight excluding hydrogens is 234 g/mol. The summed E-state index contributed by atoms with van der Waals surface area (Å²) in [6.45, 7) is 6.65. The normalized spacial score (nSPS) is 36.4. The van der Waals surface area contributed by atoms with Crippen molar-refractivity contribution in [3.8, 4) is 0 Å². The van der Waals surface area contributed by atoms with Gasteiger partial charge in [-0.3, -0.25) is 0 Å². The van der Waals surface area contributed by atoms with Crippen LogP contribution in [0.25, 0.3) is 0 Å². The van der Waals surface area contributed by atoms with Gasteiger partial charge in [0.1, 0.15) is 0 Å². The highest BCUT2D eigenvalue weighted by molar-refractivity contribution is 5.83. The number of guanidine groups is 1. The minimum absolute atomic E-state index is 0.531. The molecule has 0 aromatic heterocycles. The molecule has 3 heteroatoms. The van der Waals surface area contributed by atoms with Gasteiger partial charge >= 0.3 is 0 Å². The summed E-state index contributed by atoms with van der Waals surface area (Å²) in [6.07, 6.45) is 10.0. The predicted octanol–water partition coefficient (Wildman–Crippen LogP) is 3.08. The van der Waals surface area contributed by atoms with Gasteiger partial charge in [-0.1, -0.05) is 11.6 Å². The molecule has 3 aliphatic rings. The second-order valence-electron chi connectivity index (χ2n) is 6.77. The van der Waals surface area contributed by atoms with E-state index in [-0.39, 0.29) is 0 Å². The maximum absolute atomic E-state index is 4.99. The zero-order valence-electron chi connectivity index (χ0n) is 12.5. The molecular formula is C16H27N3. The second-order valence-corrected chi connectivity index (χ2v) is 6.77. The van der Waals surface area contributed by atoms with Crippen LogP contribution in [0.1, 0.15) is 59.3 Å². The summed E-state index contributed by atoms with van der Waals surface area (Å²) in [7, 11) is 0. The van der Waals surface area contributed by atoms with Gasteiger partial charge < -0.3 is 10.2 Å². The Kier molecular flexibility index (Phi) is 3.55. The largest absolute Gasteiger partial charge is 0.354 e. The van der Waals surface area contributed by atoms with E-state index >= 15 is 0 Å². The zero-order valence-corrected chi connectivity index (χ0v) is 12.5. The minimum Gasteiger partial charge on any atom is -0.354 e. The van der Waals surface area contributed by atoms with Crippen molar-refractivity contribution in [3.63, 3.8) is 0 Å². The van der Waals surface area contributed by atoms with Crippen molar-refractivity contribution in [2.75, 3.05) is 0 Å². The minimum atomic E-state index is 0.531. The van der Waals surface area contributed by atoms with Crippen LogP contribution in [-0.4, -0.2) is 35.0 Å². The molecule has 2 saturated heterocycles. The number of rotatable bonds is 3. The van der Waals surface area contributed by atoms with Gasteiger partial charge in [-0.15, -0.1) is 0 Å². The summed E-state index contributed by atoms with van der Waals surface area (Å²) in [5.41, 5.74) is 1.43. The van der Waals surface area contributed by atoms with Gasteiger partial charge in [0.15, 0.2) is 5.96 Å². The Labute approximate surface area is 117 Å². The predicted molar refractivity (Wildman–Crippen MR) is 80.4 cm³/mol. The third kappa shape index (κ3) is 2.65. The molecule has 3 heterocycles. The molecule has 4 unspecified atom stereocenters. The Morgan fingerprint density at radius 2 is 2.05 bits per heavy atom. The number of nitrogens with one attached hydrogen (secondary N) is 1. The Morgan fingerprint density at radius 3 is 2.79 bits per heavy atom. The molecule has 106 valence electrons. The molecule has 0 spiro atoms. The van der Waals surface area contributed by atoms with E-state index in [0.717, 1.165) is 12.1 Å². The average molecular weight is 261 g/mol. The summed E-state index contributed by atoms with van der Waals surface area (Å²) >= 11 is 0. The molecule has 3 aliphatic heterocycles. The summed E-state index contributed by atoms with van der Waals surface area (Å²) in [6, 6.07) is 2.65. The molecule has 0 aromatic rings. The Morgan fingerprint density at radius 1 is 1.32 bits per heavy atom. The van der Waals surface area contributed by atoms with Crippen molar-refractivity contribution in [1.29, 1.82) is 0 Å². The number of nitrogens with zero attached hydrogens (tertiary/aromatic N) is 2. The van der Waals surface area contributed by atoms with Crippen molar-refractivity contribution in [2.45, 2.75) is 83.5 Å². The molecule has 2 fully saturated rings. The van der Waals surface area contributed by atoms with Crippen molar-refractivity contribution >= 4 is 5.96 Å². The SMILES string of the molecule is CC(C)=CCCC1CC2CCC3CC(C)NC(=N1)N23. The lowest BCUT2D eigenvalue weighted by Crippen LogP contribution is -2.59. The fraction of sp³-hybridized carbons (Fsp3) is 0.812. The summed E-state index contributed by atoms with van der Waals surface area (Å²) < 4.78 is 0. The lowest BCUT2D eigenvalue weighted by atomic mass is 9.99. The van der Waals surface area contributed by atoms with E-state index in [1.807, 2.05) is 0 Å². The number of hydrogen-bond acceptors (Lipinski definition) is 3. The fourth-order valence-electron chi connectivity index (χ4n) is 3.92. The first kappa shape index (κ1) is 13.0. The fourth-order valence-corrected chi connectivity index (χ4v) is 3.92. The molecule has 1 N–H and O–H groups in total. The van der Waals surface area contributed by atoms with Crippen LogP contribution >= 0.6 is 0 Å². The standard InChI is InChI=1S/C16H27N3/c1-11(2)5-4-6-13-10-15-8-7-14-9-12(3)17-16(18-13)19(14)15/h5,12-15H,4,6-10H2,1-3H3,(H,17,18). The molecule has 0 radical (unpaired) electrons. The highest BCUT2D eigenvalue weighted by Crippen LogP contribution is 2.36. The van der Waals surface area contributed by atoms with E-state index in [9.17, 15) is 0 Å². The molecule has 4 atom stereocenters. The van der Waals surface area contributed by atoms with E-state index in [2.05, 4.69) is 37.1 Å². The van der Waals surface area contributed by atoms with Gasteiger partial charge in [0.2, 0.25) is 0 Å². The van der Waals surface area contributed by atoms with Crippen LogP contribution in [0.15, 0.2) is 16.6 Å². The van der Waals surface area contributed by atoms with Crippen LogP contribution < -0.4 is 5.32 Å². The monoisotopic (exact) mass is 261 g/mol. The Hall–Kier alpha value is -0.990. The lowest BCUT2D eigenvalue weighted by molar-refractivity contribution is 0.210. The lowest BCUT2D eigenvalue weighted by Gasteiger charge is -2.44. The van der Waals surface area contributed by atoms with Crippen LogP contribution in [0.5, 0.6) is 0 Å². The van der Waals surface area contributed by atoms with Crippen LogP contribution in [-0.2, 0) is 0 Å². The first-order chi connectivity index (χ1) is 9.13. The van der Waals surface area contributed by atoms with E-state index in [1.54, 1.807) is 0 Å². The number of aliphatic imine (C=N–C) groups is 1. The first-order valence-corrected chi connectivity index (χ1v) is 7.89. The van der Waals surface area contributed by atoms with Crippen molar-refractivity contribution in [2.24, 2.45) is 4.99 Å². The van der Waals surface area contributed by atoms with Crippen molar-refractivity contribution < 1.29 is 0 Å². The van der Waals surface area contributed by atoms with Gasteiger partial charge in [0, 0.05) is 18.1 Å². The first-order valence-electron chi connectivity index (χ1n) is 7.89. The molecule has 0 saturated carbocycles. The zero-order chi connectivity index (χ0) is 13.4. The second kappa shape index (κ2) is 5.18.